The molecule has 2 rings (SSSR count). The van der Waals surface area contributed by atoms with Crippen LogP contribution < -0.4 is 15.4 Å². The van der Waals surface area contributed by atoms with Crippen LogP contribution in [-0.2, 0) is 6.42 Å². The molecule has 22 heavy (non-hydrogen) atoms. The molecule has 5 heteroatoms. The van der Waals surface area contributed by atoms with E-state index in [9.17, 15) is 4.79 Å². The first kappa shape index (κ1) is 16.2. The summed E-state index contributed by atoms with van der Waals surface area (Å²) in [5.74, 6) is 0.579. The van der Waals surface area contributed by atoms with Crippen molar-refractivity contribution in [1.29, 1.82) is 0 Å². The minimum atomic E-state index is -0.241. The van der Waals surface area contributed by atoms with Crippen LogP contribution in [0.15, 0.2) is 48.5 Å². The number of carbonyl (C=O) groups is 1. The molecule has 2 aromatic carbocycles. The molecular formula is C17H19ClN2O2. The van der Waals surface area contributed by atoms with Crippen molar-refractivity contribution in [2.45, 2.75) is 12.8 Å². The Morgan fingerprint density at radius 3 is 2.64 bits per heavy atom. The van der Waals surface area contributed by atoms with Gasteiger partial charge in [-0.15, -0.1) is 0 Å². The SMILES string of the molecule is COc1ccc(NC(=O)NCCCc2ccccc2)cc1Cl. The van der Waals surface area contributed by atoms with Gasteiger partial charge in [0, 0.05) is 12.2 Å². The summed E-state index contributed by atoms with van der Waals surface area (Å²) in [7, 11) is 1.55. The molecule has 116 valence electrons. The normalized spacial score (nSPS) is 10.1. The maximum Gasteiger partial charge on any atom is 0.319 e. The number of rotatable bonds is 6. The van der Waals surface area contributed by atoms with Crippen LogP contribution in [0, 0.1) is 0 Å². The van der Waals surface area contributed by atoms with E-state index in [4.69, 9.17) is 16.3 Å². The third-order valence-electron chi connectivity index (χ3n) is 3.18. The molecule has 2 amide bonds. The maximum atomic E-state index is 11.8. The van der Waals surface area contributed by atoms with Gasteiger partial charge in [-0.2, -0.15) is 0 Å². The summed E-state index contributed by atoms with van der Waals surface area (Å²) < 4.78 is 5.07. The Balaban J connectivity index is 1.73. The number of hydrogen-bond acceptors (Lipinski definition) is 2. The number of methoxy groups -OCH3 is 1. The lowest BCUT2D eigenvalue weighted by Gasteiger charge is -2.09. The predicted octanol–water partition coefficient (Wildman–Crippen LogP) is 4.10. The van der Waals surface area contributed by atoms with Gasteiger partial charge in [0.25, 0.3) is 0 Å². The molecule has 0 radical (unpaired) electrons. The fourth-order valence-corrected chi connectivity index (χ4v) is 2.32. The molecule has 0 aromatic heterocycles. The smallest absolute Gasteiger partial charge is 0.319 e. The van der Waals surface area contributed by atoms with E-state index in [0.717, 1.165) is 12.8 Å². The van der Waals surface area contributed by atoms with Crippen LogP contribution in [0.1, 0.15) is 12.0 Å². The summed E-state index contributed by atoms with van der Waals surface area (Å²) in [6.07, 6.45) is 1.83. The van der Waals surface area contributed by atoms with E-state index >= 15 is 0 Å². The zero-order valence-corrected chi connectivity index (χ0v) is 13.2. The van der Waals surface area contributed by atoms with Gasteiger partial charge in [0.2, 0.25) is 0 Å². The lowest BCUT2D eigenvalue weighted by molar-refractivity contribution is 0.252. The van der Waals surface area contributed by atoms with E-state index in [-0.39, 0.29) is 6.03 Å². The molecule has 0 saturated heterocycles. The molecule has 0 spiro atoms. The van der Waals surface area contributed by atoms with Gasteiger partial charge in [0.15, 0.2) is 0 Å². The van der Waals surface area contributed by atoms with E-state index in [1.54, 1.807) is 25.3 Å². The van der Waals surface area contributed by atoms with Crippen LogP contribution in [0.4, 0.5) is 10.5 Å². The summed E-state index contributed by atoms with van der Waals surface area (Å²) in [5, 5.41) is 6.03. The zero-order chi connectivity index (χ0) is 15.8. The average molecular weight is 319 g/mol. The van der Waals surface area contributed by atoms with Crippen LogP contribution in [0.2, 0.25) is 5.02 Å². The molecule has 0 bridgehead atoms. The van der Waals surface area contributed by atoms with Gasteiger partial charge < -0.3 is 15.4 Å². The number of aryl methyl sites for hydroxylation is 1. The Kier molecular flexibility index (Phi) is 6.10. The number of urea groups is 1. The van der Waals surface area contributed by atoms with Crippen LogP contribution in [0.5, 0.6) is 5.75 Å². The first-order valence-corrected chi connectivity index (χ1v) is 7.49. The highest BCUT2D eigenvalue weighted by atomic mass is 35.5. The molecule has 0 unspecified atom stereocenters. The Hall–Kier alpha value is -2.20. The second-order valence-corrected chi connectivity index (χ2v) is 5.23. The highest BCUT2D eigenvalue weighted by molar-refractivity contribution is 6.32. The molecule has 0 aliphatic heterocycles. The van der Waals surface area contributed by atoms with Crippen molar-refractivity contribution < 1.29 is 9.53 Å². The molecular weight excluding hydrogens is 300 g/mol. The number of carbonyl (C=O) groups excluding carboxylic acids is 1. The monoisotopic (exact) mass is 318 g/mol. The van der Waals surface area contributed by atoms with Crippen molar-refractivity contribution in [1.82, 2.24) is 5.32 Å². The Morgan fingerprint density at radius 1 is 1.18 bits per heavy atom. The van der Waals surface area contributed by atoms with Gasteiger partial charge in [-0.1, -0.05) is 41.9 Å². The van der Waals surface area contributed by atoms with Gasteiger partial charge in [-0.25, -0.2) is 4.79 Å². The topological polar surface area (TPSA) is 50.4 Å². The van der Waals surface area contributed by atoms with Crippen molar-refractivity contribution >= 4 is 23.3 Å². The van der Waals surface area contributed by atoms with E-state index in [0.29, 0.717) is 23.0 Å². The summed E-state index contributed by atoms with van der Waals surface area (Å²) in [6, 6.07) is 15.1. The van der Waals surface area contributed by atoms with Gasteiger partial charge in [0.1, 0.15) is 5.75 Å². The predicted molar refractivity (Wildman–Crippen MR) is 89.8 cm³/mol. The number of nitrogens with one attached hydrogen (secondary N) is 2. The summed E-state index contributed by atoms with van der Waals surface area (Å²) in [6.45, 7) is 0.616. The Morgan fingerprint density at radius 2 is 1.95 bits per heavy atom. The van der Waals surface area contributed by atoms with Crippen LogP contribution in [-0.4, -0.2) is 19.7 Å². The number of halogens is 1. The molecule has 0 aliphatic carbocycles. The van der Waals surface area contributed by atoms with Gasteiger partial charge in [-0.05, 0) is 36.6 Å². The van der Waals surface area contributed by atoms with Gasteiger partial charge in [-0.3, -0.25) is 0 Å². The molecule has 0 heterocycles. The second-order valence-electron chi connectivity index (χ2n) is 4.82. The summed E-state index contributed by atoms with van der Waals surface area (Å²) >= 11 is 6.01. The number of ether oxygens (including phenoxy) is 1. The highest BCUT2D eigenvalue weighted by Gasteiger charge is 2.05. The summed E-state index contributed by atoms with van der Waals surface area (Å²) in [5.41, 5.74) is 1.90. The van der Waals surface area contributed by atoms with Gasteiger partial charge in [0.05, 0.1) is 12.1 Å². The van der Waals surface area contributed by atoms with Crippen molar-refractivity contribution in [3.63, 3.8) is 0 Å². The average Bonchev–Trinajstić information content (AvgIpc) is 2.53. The van der Waals surface area contributed by atoms with Crippen LogP contribution in [0.25, 0.3) is 0 Å². The number of amides is 2. The van der Waals surface area contributed by atoms with Crippen molar-refractivity contribution in [3.8, 4) is 5.75 Å². The molecule has 0 atom stereocenters. The summed E-state index contributed by atoms with van der Waals surface area (Å²) in [4.78, 5) is 11.8. The molecule has 2 aromatic rings. The molecule has 2 N–H and O–H groups in total. The van der Waals surface area contributed by atoms with Crippen molar-refractivity contribution in [2.24, 2.45) is 0 Å². The highest BCUT2D eigenvalue weighted by Crippen LogP contribution is 2.27. The third-order valence-corrected chi connectivity index (χ3v) is 3.48. The number of benzene rings is 2. The third kappa shape index (κ3) is 4.97. The lowest BCUT2D eigenvalue weighted by Crippen LogP contribution is -2.29. The molecule has 0 fully saturated rings. The first-order valence-electron chi connectivity index (χ1n) is 7.11. The van der Waals surface area contributed by atoms with Crippen LogP contribution >= 0.6 is 11.6 Å². The van der Waals surface area contributed by atoms with Crippen LogP contribution in [0.3, 0.4) is 0 Å². The minimum Gasteiger partial charge on any atom is -0.495 e. The molecule has 4 nitrogen and oxygen atoms in total. The number of hydrogen-bond donors (Lipinski definition) is 2. The van der Waals surface area contributed by atoms with E-state index in [1.165, 1.54) is 5.56 Å². The Bertz CT molecular complexity index is 617. The lowest BCUT2D eigenvalue weighted by atomic mass is 10.1. The quantitative estimate of drug-likeness (QED) is 0.788. The first-order chi connectivity index (χ1) is 10.7. The molecule has 0 saturated carbocycles. The fourth-order valence-electron chi connectivity index (χ4n) is 2.06. The van der Waals surface area contributed by atoms with Gasteiger partial charge >= 0.3 is 6.03 Å². The zero-order valence-electron chi connectivity index (χ0n) is 12.4. The van der Waals surface area contributed by atoms with E-state index in [1.807, 2.05) is 18.2 Å². The number of anilines is 1. The second kappa shape index (κ2) is 8.29. The Labute approximate surface area is 135 Å². The molecule has 0 aliphatic rings. The maximum absolute atomic E-state index is 11.8. The van der Waals surface area contributed by atoms with E-state index in [2.05, 4.69) is 22.8 Å². The van der Waals surface area contributed by atoms with Crippen molar-refractivity contribution in [3.05, 3.63) is 59.1 Å². The fraction of sp³-hybridized carbons (Fsp3) is 0.235. The largest absolute Gasteiger partial charge is 0.495 e. The van der Waals surface area contributed by atoms with Crippen molar-refractivity contribution in [2.75, 3.05) is 19.0 Å². The minimum absolute atomic E-state index is 0.241. The van der Waals surface area contributed by atoms with E-state index < -0.39 is 0 Å². The standard InChI is InChI=1S/C17H19ClN2O2/c1-22-16-10-9-14(12-15(16)18)20-17(21)19-11-5-8-13-6-3-2-4-7-13/h2-4,6-7,9-10,12H,5,8,11H2,1H3,(H2,19,20,21).